The van der Waals surface area contributed by atoms with Gasteiger partial charge in [-0.15, -0.1) is 0 Å². The Morgan fingerprint density at radius 2 is 1.85 bits per heavy atom. The fourth-order valence-corrected chi connectivity index (χ4v) is 2.96. The highest BCUT2D eigenvalue weighted by molar-refractivity contribution is 6.30. The van der Waals surface area contributed by atoms with Gasteiger partial charge in [0.05, 0.1) is 0 Å². The molecule has 0 spiro atoms. The summed E-state index contributed by atoms with van der Waals surface area (Å²) in [6.45, 7) is 4.44. The molecule has 2 aromatic rings. The number of carbonyl (C=O) groups excluding carboxylic acids is 2. The first-order chi connectivity index (χ1) is 13.0. The lowest BCUT2D eigenvalue weighted by Crippen LogP contribution is -2.50. The molecule has 27 heavy (non-hydrogen) atoms. The summed E-state index contributed by atoms with van der Waals surface area (Å²) in [5.41, 5.74) is 0.955. The summed E-state index contributed by atoms with van der Waals surface area (Å²) in [5, 5.41) is 3.34. The van der Waals surface area contributed by atoms with Gasteiger partial charge in [0.1, 0.15) is 11.8 Å². The molecule has 0 bridgehead atoms. The quantitative estimate of drug-likeness (QED) is 0.713. The van der Waals surface area contributed by atoms with E-state index in [1.807, 2.05) is 44.2 Å². The number of rotatable bonds is 9. The third-order valence-corrected chi connectivity index (χ3v) is 4.33. The monoisotopic (exact) mass is 388 g/mol. The van der Waals surface area contributed by atoms with Gasteiger partial charge in [0.15, 0.2) is 6.61 Å². The summed E-state index contributed by atoms with van der Waals surface area (Å²) in [6, 6.07) is 15.9. The molecular formula is C21H25ClN2O3. The Bertz CT molecular complexity index is 752. The van der Waals surface area contributed by atoms with Gasteiger partial charge in [-0.1, -0.05) is 54.9 Å². The van der Waals surface area contributed by atoms with Crippen molar-refractivity contribution in [1.82, 2.24) is 10.2 Å². The number of ether oxygens (including phenoxy) is 1. The molecule has 0 aliphatic carbocycles. The molecule has 2 rings (SSSR count). The molecular weight excluding hydrogens is 364 g/mol. The SMILES string of the molecule is CCNC(=O)[C@@H](CC)N(Cc1ccccc1)C(=O)COc1cccc(Cl)c1. The number of nitrogens with zero attached hydrogens (tertiary/aromatic N) is 1. The molecule has 0 fully saturated rings. The number of amides is 2. The number of hydrogen-bond donors (Lipinski definition) is 1. The third-order valence-electron chi connectivity index (χ3n) is 4.09. The summed E-state index contributed by atoms with van der Waals surface area (Å²) >= 11 is 5.95. The molecule has 6 heteroatoms. The standard InChI is InChI=1S/C21H25ClN2O3/c1-3-19(21(26)23-4-2)24(14-16-9-6-5-7-10-16)20(25)15-27-18-12-8-11-17(22)13-18/h5-13,19H,3-4,14-15H2,1-2H3,(H,23,26)/t19-/m1/s1. The third kappa shape index (κ3) is 6.29. The van der Waals surface area contributed by atoms with Gasteiger partial charge in [0.25, 0.3) is 5.91 Å². The minimum absolute atomic E-state index is 0.160. The molecule has 2 aromatic carbocycles. The van der Waals surface area contributed by atoms with Gasteiger partial charge in [0, 0.05) is 18.1 Å². The van der Waals surface area contributed by atoms with E-state index in [2.05, 4.69) is 5.32 Å². The molecule has 1 atom stereocenters. The summed E-state index contributed by atoms with van der Waals surface area (Å²) in [5.74, 6) is 0.102. The first-order valence-electron chi connectivity index (χ1n) is 9.04. The Balaban J connectivity index is 2.16. The van der Waals surface area contributed by atoms with Crippen LogP contribution in [0, 0.1) is 0 Å². The summed E-state index contributed by atoms with van der Waals surface area (Å²) in [6.07, 6.45) is 0.515. The van der Waals surface area contributed by atoms with Crippen molar-refractivity contribution in [2.24, 2.45) is 0 Å². The van der Waals surface area contributed by atoms with Crippen molar-refractivity contribution in [3.8, 4) is 5.75 Å². The van der Waals surface area contributed by atoms with Gasteiger partial charge in [-0.05, 0) is 37.1 Å². The van der Waals surface area contributed by atoms with Crippen LogP contribution in [0.3, 0.4) is 0 Å². The van der Waals surface area contributed by atoms with Gasteiger partial charge in [-0.25, -0.2) is 0 Å². The minimum atomic E-state index is -0.555. The molecule has 0 aliphatic rings. The fourth-order valence-electron chi connectivity index (χ4n) is 2.78. The van der Waals surface area contributed by atoms with Gasteiger partial charge in [0.2, 0.25) is 5.91 Å². The molecule has 0 heterocycles. The number of nitrogens with one attached hydrogen (secondary N) is 1. The molecule has 1 N–H and O–H groups in total. The van der Waals surface area contributed by atoms with Crippen molar-refractivity contribution in [3.05, 3.63) is 65.2 Å². The minimum Gasteiger partial charge on any atom is -0.484 e. The zero-order valence-corrected chi connectivity index (χ0v) is 16.4. The largest absolute Gasteiger partial charge is 0.484 e. The Labute approximate surface area is 165 Å². The van der Waals surface area contributed by atoms with Crippen molar-refractivity contribution < 1.29 is 14.3 Å². The van der Waals surface area contributed by atoms with Crippen LogP contribution in [0.25, 0.3) is 0 Å². The number of hydrogen-bond acceptors (Lipinski definition) is 3. The number of likely N-dealkylation sites (N-methyl/N-ethyl adjacent to an activating group) is 1. The van der Waals surface area contributed by atoms with Crippen molar-refractivity contribution in [1.29, 1.82) is 0 Å². The zero-order chi connectivity index (χ0) is 19.6. The van der Waals surface area contributed by atoms with Gasteiger partial charge < -0.3 is 15.0 Å². The maximum absolute atomic E-state index is 12.9. The average Bonchev–Trinajstić information content (AvgIpc) is 2.67. The van der Waals surface area contributed by atoms with E-state index < -0.39 is 6.04 Å². The number of benzene rings is 2. The lowest BCUT2D eigenvalue weighted by molar-refractivity contribution is -0.142. The van der Waals surface area contributed by atoms with E-state index in [-0.39, 0.29) is 18.4 Å². The molecule has 144 valence electrons. The van der Waals surface area contributed by atoms with Crippen molar-refractivity contribution in [3.63, 3.8) is 0 Å². The summed E-state index contributed by atoms with van der Waals surface area (Å²) in [4.78, 5) is 26.9. The van der Waals surface area contributed by atoms with Crippen LogP contribution in [-0.2, 0) is 16.1 Å². The van der Waals surface area contributed by atoms with Crippen LogP contribution in [0.2, 0.25) is 5.02 Å². The summed E-state index contributed by atoms with van der Waals surface area (Å²) < 4.78 is 5.59. The Hall–Kier alpha value is -2.53. The van der Waals surface area contributed by atoms with Crippen molar-refractivity contribution in [2.75, 3.05) is 13.2 Å². The van der Waals surface area contributed by atoms with E-state index >= 15 is 0 Å². The van der Waals surface area contributed by atoms with Crippen molar-refractivity contribution >= 4 is 23.4 Å². The van der Waals surface area contributed by atoms with Crippen LogP contribution in [-0.4, -0.2) is 35.9 Å². The van der Waals surface area contributed by atoms with E-state index in [1.165, 1.54) is 0 Å². The molecule has 2 amide bonds. The predicted octanol–water partition coefficient (Wildman–Crippen LogP) is 3.66. The Morgan fingerprint density at radius 1 is 1.11 bits per heavy atom. The molecule has 5 nitrogen and oxygen atoms in total. The van der Waals surface area contributed by atoms with Crippen LogP contribution in [0.15, 0.2) is 54.6 Å². The van der Waals surface area contributed by atoms with E-state index in [4.69, 9.17) is 16.3 Å². The second-order valence-electron chi connectivity index (χ2n) is 6.07. The predicted molar refractivity (Wildman–Crippen MR) is 107 cm³/mol. The second-order valence-corrected chi connectivity index (χ2v) is 6.51. The smallest absolute Gasteiger partial charge is 0.261 e. The Kier molecular flexibility index (Phi) is 8.14. The first kappa shape index (κ1) is 20.8. The van der Waals surface area contributed by atoms with Crippen LogP contribution in [0.5, 0.6) is 5.75 Å². The Morgan fingerprint density at radius 3 is 2.48 bits per heavy atom. The van der Waals surface area contributed by atoms with E-state index in [0.29, 0.717) is 30.3 Å². The number of halogens is 1. The molecule has 0 saturated heterocycles. The average molecular weight is 389 g/mol. The van der Waals surface area contributed by atoms with Crippen LogP contribution >= 0.6 is 11.6 Å². The van der Waals surface area contributed by atoms with E-state index in [9.17, 15) is 9.59 Å². The molecule has 0 radical (unpaired) electrons. The van der Waals surface area contributed by atoms with Gasteiger partial charge in [-0.3, -0.25) is 9.59 Å². The molecule has 0 aromatic heterocycles. The van der Waals surface area contributed by atoms with Crippen molar-refractivity contribution in [2.45, 2.75) is 32.9 Å². The van der Waals surface area contributed by atoms with Crippen LogP contribution in [0.1, 0.15) is 25.8 Å². The highest BCUT2D eigenvalue weighted by Crippen LogP contribution is 2.18. The lowest BCUT2D eigenvalue weighted by atomic mass is 10.1. The van der Waals surface area contributed by atoms with E-state index in [0.717, 1.165) is 5.56 Å². The zero-order valence-electron chi connectivity index (χ0n) is 15.7. The van der Waals surface area contributed by atoms with Gasteiger partial charge >= 0.3 is 0 Å². The summed E-state index contributed by atoms with van der Waals surface area (Å²) in [7, 11) is 0. The van der Waals surface area contributed by atoms with E-state index in [1.54, 1.807) is 29.2 Å². The molecule has 0 saturated carbocycles. The lowest BCUT2D eigenvalue weighted by Gasteiger charge is -2.30. The highest BCUT2D eigenvalue weighted by atomic mass is 35.5. The second kappa shape index (κ2) is 10.6. The fraction of sp³-hybridized carbons (Fsp3) is 0.333. The maximum Gasteiger partial charge on any atom is 0.261 e. The van der Waals surface area contributed by atoms with Crippen LogP contribution < -0.4 is 10.1 Å². The number of carbonyl (C=O) groups is 2. The highest BCUT2D eigenvalue weighted by Gasteiger charge is 2.28. The first-order valence-corrected chi connectivity index (χ1v) is 9.42. The maximum atomic E-state index is 12.9. The normalized spacial score (nSPS) is 11.5. The molecule has 0 unspecified atom stereocenters. The van der Waals surface area contributed by atoms with Gasteiger partial charge in [-0.2, -0.15) is 0 Å². The topological polar surface area (TPSA) is 58.6 Å². The van der Waals surface area contributed by atoms with Crippen LogP contribution in [0.4, 0.5) is 0 Å². The molecule has 0 aliphatic heterocycles.